The van der Waals surface area contributed by atoms with Crippen molar-refractivity contribution in [2.24, 2.45) is 5.92 Å². The summed E-state index contributed by atoms with van der Waals surface area (Å²) < 4.78 is 5.19. The Morgan fingerprint density at radius 1 is 1.33 bits per heavy atom. The number of anilines is 2. The van der Waals surface area contributed by atoms with Crippen molar-refractivity contribution in [3.8, 4) is 5.75 Å². The minimum Gasteiger partial charge on any atom is -0.494 e. The molecule has 1 aliphatic heterocycles. The van der Waals surface area contributed by atoms with E-state index in [0.717, 1.165) is 0 Å². The average molecular weight is 390 g/mol. The second kappa shape index (κ2) is 7.63. The van der Waals surface area contributed by atoms with Gasteiger partial charge in [0.2, 0.25) is 11.8 Å². The predicted octanol–water partition coefficient (Wildman–Crippen LogP) is 3.25. The quantitative estimate of drug-likeness (QED) is 0.624. The van der Waals surface area contributed by atoms with Gasteiger partial charge in [0.15, 0.2) is 0 Å². The van der Waals surface area contributed by atoms with Gasteiger partial charge in [-0.3, -0.25) is 19.7 Å². The van der Waals surface area contributed by atoms with Crippen LogP contribution in [0, 0.1) is 16.0 Å². The van der Waals surface area contributed by atoms with Crippen LogP contribution in [-0.4, -0.2) is 30.4 Å². The lowest BCUT2D eigenvalue weighted by molar-refractivity contribution is -0.384. The molecule has 0 radical (unpaired) electrons. The third kappa shape index (κ3) is 4.01. The first-order valence-electron chi connectivity index (χ1n) is 8.08. The Kier molecular flexibility index (Phi) is 5.27. The van der Waals surface area contributed by atoms with Crippen LogP contribution in [0.1, 0.15) is 6.42 Å². The molecule has 2 aromatic carbocycles. The van der Waals surface area contributed by atoms with Gasteiger partial charge in [0.25, 0.3) is 5.69 Å². The molecule has 1 aliphatic rings. The lowest BCUT2D eigenvalue weighted by Crippen LogP contribution is -2.28. The van der Waals surface area contributed by atoms with E-state index in [2.05, 4.69) is 5.32 Å². The molecule has 8 nitrogen and oxygen atoms in total. The van der Waals surface area contributed by atoms with Gasteiger partial charge in [-0.2, -0.15) is 0 Å². The van der Waals surface area contributed by atoms with Gasteiger partial charge in [0.05, 0.1) is 29.7 Å². The minimum atomic E-state index is -0.559. The van der Waals surface area contributed by atoms with Crippen LogP contribution >= 0.6 is 11.6 Å². The molecule has 1 fully saturated rings. The fourth-order valence-corrected chi connectivity index (χ4v) is 3.12. The molecule has 1 atom stereocenters. The van der Waals surface area contributed by atoms with Crippen LogP contribution in [0.15, 0.2) is 42.5 Å². The van der Waals surface area contributed by atoms with E-state index in [-0.39, 0.29) is 36.2 Å². The maximum absolute atomic E-state index is 12.5. The van der Waals surface area contributed by atoms with E-state index in [1.807, 2.05) is 0 Å². The smallest absolute Gasteiger partial charge is 0.273 e. The largest absolute Gasteiger partial charge is 0.494 e. The van der Waals surface area contributed by atoms with Crippen LogP contribution in [0.25, 0.3) is 0 Å². The van der Waals surface area contributed by atoms with Crippen molar-refractivity contribution in [3.63, 3.8) is 0 Å². The van der Waals surface area contributed by atoms with Crippen molar-refractivity contribution in [1.82, 2.24) is 0 Å². The van der Waals surface area contributed by atoms with E-state index in [4.69, 9.17) is 16.3 Å². The molecule has 1 saturated heterocycles. The summed E-state index contributed by atoms with van der Waals surface area (Å²) in [6, 6.07) is 10.7. The Morgan fingerprint density at radius 2 is 2.11 bits per heavy atom. The molecule has 2 amide bonds. The van der Waals surface area contributed by atoms with Crippen molar-refractivity contribution in [3.05, 3.63) is 57.6 Å². The number of hydrogen-bond acceptors (Lipinski definition) is 5. The molecular weight excluding hydrogens is 374 g/mol. The Hall–Kier alpha value is -3.13. The number of hydrogen-bond donors (Lipinski definition) is 1. The molecule has 140 valence electrons. The molecule has 0 aromatic heterocycles. The number of carbonyl (C=O) groups excluding carboxylic acids is 2. The maximum Gasteiger partial charge on any atom is 0.273 e. The van der Waals surface area contributed by atoms with Crippen molar-refractivity contribution < 1.29 is 19.2 Å². The number of nitro groups is 1. The predicted molar refractivity (Wildman–Crippen MR) is 100 cm³/mol. The van der Waals surface area contributed by atoms with E-state index in [1.54, 1.807) is 24.3 Å². The lowest BCUT2D eigenvalue weighted by Gasteiger charge is -2.19. The number of carbonyl (C=O) groups is 2. The number of rotatable bonds is 5. The highest BCUT2D eigenvalue weighted by atomic mass is 35.5. The molecule has 0 unspecified atom stereocenters. The first kappa shape index (κ1) is 18.7. The van der Waals surface area contributed by atoms with Crippen LogP contribution < -0.4 is 15.0 Å². The summed E-state index contributed by atoms with van der Waals surface area (Å²) in [5, 5.41) is 14.2. The van der Waals surface area contributed by atoms with Crippen LogP contribution in [0.3, 0.4) is 0 Å². The standard InChI is InChI=1S/C18H16ClN3O5/c1-27-16-9-14(22(25)26)5-6-15(16)21-10-11(7-17(21)23)18(24)20-13-4-2-3-12(19)8-13/h2-6,8-9,11H,7,10H2,1H3,(H,20,24)/t11-/m0/s1. The van der Waals surface area contributed by atoms with Gasteiger partial charge >= 0.3 is 0 Å². The second-order valence-corrected chi connectivity index (χ2v) is 6.45. The van der Waals surface area contributed by atoms with E-state index in [1.165, 1.54) is 30.2 Å². The molecule has 2 aromatic rings. The zero-order valence-corrected chi connectivity index (χ0v) is 15.1. The van der Waals surface area contributed by atoms with Gasteiger partial charge in [0, 0.05) is 29.7 Å². The summed E-state index contributed by atoms with van der Waals surface area (Å²) in [7, 11) is 1.37. The Balaban J connectivity index is 1.77. The Labute approximate surface area is 159 Å². The molecule has 3 rings (SSSR count). The first-order chi connectivity index (χ1) is 12.9. The van der Waals surface area contributed by atoms with E-state index in [0.29, 0.717) is 16.4 Å². The number of amides is 2. The molecule has 1 heterocycles. The third-order valence-corrected chi connectivity index (χ3v) is 4.49. The fourth-order valence-electron chi connectivity index (χ4n) is 2.93. The average Bonchev–Trinajstić information content (AvgIpc) is 3.02. The van der Waals surface area contributed by atoms with Crippen LogP contribution in [-0.2, 0) is 9.59 Å². The van der Waals surface area contributed by atoms with Gasteiger partial charge in [0.1, 0.15) is 5.75 Å². The third-order valence-electron chi connectivity index (χ3n) is 4.25. The lowest BCUT2D eigenvalue weighted by atomic mass is 10.1. The van der Waals surface area contributed by atoms with Gasteiger partial charge < -0.3 is 15.0 Å². The highest BCUT2D eigenvalue weighted by Gasteiger charge is 2.36. The Morgan fingerprint density at radius 3 is 2.78 bits per heavy atom. The fraction of sp³-hybridized carbons (Fsp3) is 0.222. The molecule has 0 saturated carbocycles. The summed E-state index contributed by atoms with van der Waals surface area (Å²) in [5.74, 6) is -0.910. The maximum atomic E-state index is 12.5. The topological polar surface area (TPSA) is 102 Å². The monoisotopic (exact) mass is 389 g/mol. The van der Waals surface area contributed by atoms with Crippen molar-refractivity contribution in [1.29, 1.82) is 0 Å². The number of benzene rings is 2. The number of nitrogens with one attached hydrogen (secondary N) is 1. The first-order valence-corrected chi connectivity index (χ1v) is 8.46. The summed E-state index contributed by atoms with van der Waals surface area (Å²) in [4.78, 5) is 36.7. The summed E-state index contributed by atoms with van der Waals surface area (Å²) in [5.41, 5.74) is 0.801. The van der Waals surface area contributed by atoms with E-state index >= 15 is 0 Å². The molecule has 27 heavy (non-hydrogen) atoms. The number of non-ortho nitro benzene ring substituents is 1. The zero-order chi connectivity index (χ0) is 19.6. The van der Waals surface area contributed by atoms with Gasteiger partial charge in [-0.1, -0.05) is 17.7 Å². The van der Waals surface area contributed by atoms with Crippen LogP contribution in [0.5, 0.6) is 5.75 Å². The summed E-state index contributed by atoms with van der Waals surface area (Å²) in [6.45, 7) is 0.152. The molecule has 0 bridgehead atoms. The van der Waals surface area contributed by atoms with Crippen LogP contribution in [0.4, 0.5) is 17.1 Å². The number of methoxy groups -OCH3 is 1. The SMILES string of the molecule is COc1cc([N+](=O)[O-])ccc1N1C[C@@H](C(=O)Nc2cccc(Cl)c2)CC1=O. The number of ether oxygens (including phenoxy) is 1. The van der Waals surface area contributed by atoms with Gasteiger partial charge in [-0.05, 0) is 24.3 Å². The van der Waals surface area contributed by atoms with E-state index < -0.39 is 10.8 Å². The zero-order valence-electron chi connectivity index (χ0n) is 14.3. The Bertz CT molecular complexity index is 918. The van der Waals surface area contributed by atoms with Crippen molar-refractivity contribution in [2.45, 2.75) is 6.42 Å². The highest BCUT2D eigenvalue weighted by Crippen LogP contribution is 2.36. The van der Waals surface area contributed by atoms with Crippen LogP contribution in [0.2, 0.25) is 5.02 Å². The van der Waals surface area contributed by atoms with E-state index in [9.17, 15) is 19.7 Å². The molecule has 0 spiro atoms. The molecular formula is C18H16ClN3O5. The normalized spacial score (nSPS) is 16.3. The second-order valence-electron chi connectivity index (χ2n) is 6.02. The summed E-state index contributed by atoms with van der Waals surface area (Å²) in [6.07, 6.45) is 0.0343. The number of nitrogens with zero attached hydrogens (tertiary/aromatic N) is 2. The molecule has 1 N–H and O–H groups in total. The molecule has 0 aliphatic carbocycles. The van der Waals surface area contributed by atoms with Crippen molar-refractivity contribution in [2.75, 3.05) is 23.9 Å². The van der Waals surface area contributed by atoms with Gasteiger partial charge in [-0.25, -0.2) is 0 Å². The number of halogens is 1. The summed E-state index contributed by atoms with van der Waals surface area (Å²) >= 11 is 5.91. The van der Waals surface area contributed by atoms with Gasteiger partial charge in [-0.15, -0.1) is 0 Å². The highest BCUT2D eigenvalue weighted by molar-refractivity contribution is 6.30. The minimum absolute atomic E-state index is 0.0343. The number of nitro benzene ring substituents is 1. The molecule has 9 heteroatoms. The van der Waals surface area contributed by atoms with Crippen molar-refractivity contribution >= 4 is 40.5 Å².